The van der Waals surface area contributed by atoms with E-state index in [1.165, 1.54) is 6.20 Å². The molecule has 0 amide bonds. The molecule has 1 aromatic carbocycles. The van der Waals surface area contributed by atoms with E-state index in [0.29, 0.717) is 5.39 Å². The average molecular weight is 259 g/mol. The van der Waals surface area contributed by atoms with Crippen molar-refractivity contribution in [2.75, 3.05) is 0 Å². The van der Waals surface area contributed by atoms with Crippen molar-refractivity contribution in [3.05, 3.63) is 44.1 Å². The number of halogens is 2. The van der Waals surface area contributed by atoms with Crippen LogP contribution in [0.2, 0.25) is 5.02 Å². The molecule has 1 heterocycles. The van der Waals surface area contributed by atoms with E-state index in [4.69, 9.17) is 11.6 Å². The smallest absolute Gasteiger partial charge is 0.207 e. The van der Waals surface area contributed by atoms with E-state index in [1.807, 2.05) is 6.07 Å². The number of rotatable bonds is 0. The molecule has 0 fully saturated rings. The summed E-state index contributed by atoms with van der Waals surface area (Å²) in [4.78, 5) is 14.5. The summed E-state index contributed by atoms with van der Waals surface area (Å²) >= 11 is 9.02. The van der Waals surface area contributed by atoms with E-state index in [-0.39, 0.29) is 10.5 Å². The number of nitrogens with one attached hydrogen (secondary N) is 1. The lowest BCUT2D eigenvalue weighted by Gasteiger charge is -1.99. The Morgan fingerprint density at radius 1 is 1.38 bits per heavy atom. The Labute approximate surface area is 87.7 Å². The van der Waals surface area contributed by atoms with E-state index in [9.17, 15) is 4.79 Å². The van der Waals surface area contributed by atoms with Crippen LogP contribution in [0.15, 0.2) is 33.7 Å². The van der Waals surface area contributed by atoms with Crippen LogP contribution in [0.4, 0.5) is 0 Å². The molecule has 2 aromatic rings. The Bertz CT molecular complexity index is 520. The minimum atomic E-state index is -0.142. The molecule has 0 unspecified atom stereocenters. The highest BCUT2D eigenvalue weighted by Gasteiger charge is 2.04. The lowest BCUT2D eigenvalue weighted by Crippen LogP contribution is -2.02. The first-order valence-corrected chi connectivity index (χ1v) is 4.82. The van der Waals surface area contributed by atoms with Gasteiger partial charge in [0, 0.05) is 16.1 Å². The van der Waals surface area contributed by atoms with E-state index < -0.39 is 0 Å². The third kappa shape index (κ3) is 1.38. The molecule has 2 rings (SSSR count). The third-order valence-electron chi connectivity index (χ3n) is 1.82. The molecular weight excluding hydrogens is 253 g/mol. The number of benzene rings is 1. The maximum atomic E-state index is 11.5. The zero-order valence-corrected chi connectivity index (χ0v) is 8.82. The van der Waals surface area contributed by atoms with Crippen molar-refractivity contribution >= 4 is 38.4 Å². The zero-order valence-electron chi connectivity index (χ0n) is 6.47. The molecule has 66 valence electrons. The van der Waals surface area contributed by atoms with Gasteiger partial charge in [-0.15, -0.1) is 0 Å². The molecule has 0 aliphatic heterocycles. The summed E-state index contributed by atoms with van der Waals surface area (Å²) in [5.74, 6) is 0. The van der Waals surface area contributed by atoms with Crippen LogP contribution in [0.3, 0.4) is 0 Å². The quantitative estimate of drug-likeness (QED) is 0.774. The molecule has 0 atom stereocenters. The fourth-order valence-corrected chi connectivity index (χ4v) is 1.83. The standard InChI is InChI=1S/C9H5BrClNO/c10-6-3-1-2-5-8(6)12-4-7(11)9(5)13/h1-4H,(H,12,13). The van der Waals surface area contributed by atoms with E-state index in [0.717, 1.165) is 9.99 Å². The molecule has 0 radical (unpaired) electrons. The highest BCUT2D eigenvalue weighted by atomic mass is 79.9. The first-order valence-electron chi connectivity index (χ1n) is 3.65. The molecule has 4 heteroatoms. The van der Waals surface area contributed by atoms with Crippen molar-refractivity contribution in [3.8, 4) is 0 Å². The van der Waals surface area contributed by atoms with Crippen molar-refractivity contribution < 1.29 is 0 Å². The number of aromatic nitrogens is 1. The van der Waals surface area contributed by atoms with Crippen LogP contribution in [0.25, 0.3) is 10.9 Å². The SMILES string of the molecule is O=c1c(Cl)c[nH]c2c(Br)cccc12. The Morgan fingerprint density at radius 2 is 2.15 bits per heavy atom. The topological polar surface area (TPSA) is 32.9 Å². The van der Waals surface area contributed by atoms with Crippen LogP contribution in [0.1, 0.15) is 0 Å². The number of para-hydroxylation sites is 1. The predicted molar refractivity (Wildman–Crippen MR) is 57.3 cm³/mol. The van der Waals surface area contributed by atoms with Gasteiger partial charge in [-0.05, 0) is 28.1 Å². The number of H-pyrrole nitrogens is 1. The fourth-order valence-electron chi connectivity index (χ4n) is 1.19. The Morgan fingerprint density at radius 3 is 2.92 bits per heavy atom. The lowest BCUT2D eigenvalue weighted by atomic mass is 10.2. The first kappa shape index (κ1) is 8.78. The largest absolute Gasteiger partial charge is 0.359 e. The molecular formula is C9H5BrClNO. The van der Waals surface area contributed by atoms with Crippen LogP contribution in [-0.4, -0.2) is 4.98 Å². The van der Waals surface area contributed by atoms with Gasteiger partial charge < -0.3 is 4.98 Å². The number of pyridine rings is 1. The van der Waals surface area contributed by atoms with Gasteiger partial charge in [0.25, 0.3) is 0 Å². The van der Waals surface area contributed by atoms with Gasteiger partial charge in [0.05, 0.1) is 5.52 Å². The summed E-state index contributed by atoms with van der Waals surface area (Å²) < 4.78 is 0.860. The van der Waals surface area contributed by atoms with Crippen LogP contribution in [0, 0.1) is 0 Å². The average Bonchev–Trinajstić information content (AvgIpc) is 2.12. The minimum absolute atomic E-state index is 0.142. The second-order valence-corrected chi connectivity index (χ2v) is 3.89. The van der Waals surface area contributed by atoms with E-state index >= 15 is 0 Å². The highest BCUT2D eigenvalue weighted by Crippen LogP contribution is 2.20. The minimum Gasteiger partial charge on any atom is -0.359 e. The Hall–Kier alpha value is -0.800. The monoisotopic (exact) mass is 257 g/mol. The molecule has 0 saturated heterocycles. The number of aromatic amines is 1. The summed E-state index contributed by atoms with van der Waals surface area (Å²) in [6.45, 7) is 0. The molecule has 1 N–H and O–H groups in total. The molecule has 1 aromatic heterocycles. The summed E-state index contributed by atoms with van der Waals surface area (Å²) in [5.41, 5.74) is 0.633. The fraction of sp³-hybridized carbons (Fsp3) is 0. The number of fused-ring (bicyclic) bond motifs is 1. The number of hydrogen-bond donors (Lipinski definition) is 1. The number of hydrogen-bond acceptors (Lipinski definition) is 1. The van der Waals surface area contributed by atoms with Gasteiger partial charge in [0.2, 0.25) is 5.43 Å². The van der Waals surface area contributed by atoms with Crippen molar-refractivity contribution in [2.45, 2.75) is 0 Å². The maximum absolute atomic E-state index is 11.5. The van der Waals surface area contributed by atoms with Gasteiger partial charge in [0.15, 0.2) is 0 Å². The lowest BCUT2D eigenvalue weighted by molar-refractivity contribution is 1.38. The van der Waals surface area contributed by atoms with Gasteiger partial charge in [-0.3, -0.25) is 4.79 Å². The van der Waals surface area contributed by atoms with Crippen LogP contribution in [-0.2, 0) is 0 Å². The van der Waals surface area contributed by atoms with E-state index in [2.05, 4.69) is 20.9 Å². The summed E-state index contributed by atoms with van der Waals surface area (Å²) in [5, 5.41) is 0.812. The molecule has 13 heavy (non-hydrogen) atoms. The van der Waals surface area contributed by atoms with Gasteiger partial charge >= 0.3 is 0 Å². The molecule has 0 bridgehead atoms. The highest BCUT2D eigenvalue weighted by molar-refractivity contribution is 9.10. The molecule has 0 saturated carbocycles. The van der Waals surface area contributed by atoms with Crippen LogP contribution < -0.4 is 5.43 Å². The third-order valence-corrected chi connectivity index (χ3v) is 2.76. The summed E-state index contributed by atoms with van der Waals surface area (Å²) in [6.07, 6.45) is 1.50. The molecule has 0 aliphatic rings. The zero-order chi connectivity index (χ0) is 9.42. The summed E-state index contributed by atoms with van der Waals surface area (Å²) in [6, 6.07) is 5.41. The van der Waals surface area contributed by atoms with Gasteiger partial charge in [-0.2, -0.15) is 0 Å². The first-order chi connectivity index (χ1) is 6.20. The Kier molecular flexibility index (Phi) is 2.14. The maximum Gasteiger partial charge on any atom is 0.207 e. The molecule has 2 nitrogen and oxygen atoms in total. The summed E-state index contributed by atoms with van der Waals surface area (Å²) in [7, 11) is 0. The van der Waals surface area contributed by atoms with Gasteiger partial charge in [-0.25, -0.2) is 0 Å². The normalized spacial score (nSPS) is 10.6. The van der Waals surface area contributed by atoms with Crippen molar-refractivity contribution in [1.29, 1.82) is 0 Å². The predicted octanol–water partition coefficient (Wildman–Crippen LogP) is 2.94. The van der Waals surface area contributed by atoms with Crippen molar-refractivity contribution in [3.63, 3.8) is 0 Å². The van der Waals surface area contributed by atoms with Crippen molar-refractivity contribution in [1.82, 2.24) is 4.98 Å². The molecule has 0 spiro atoms. The van der Waals surface area contributed by atoms with Gasteiger partial charge in [-0.1, -0.05) is 17.7 Å². The second kappa shape index (κ2) is 3.16. The Balaban J connectivity index is 3.03. The van der Waals surface area contributed by atoms with Crippen LogP contribution in [0.5, 0.6) is 0 Å². The van der Waals surface area contributed by atoms with Crippen molar-refractivity contribution in [2.24, 2.45) is 0 Å². The van der Waals surface area contributed by atoms with Crippen LogP contribution >= 0.6 is 27.5 Å². The van der Waals surface area contributed by atoms with Gasteiger partial charge in [0.1, 0.15) is 5.02 Å². The second-order valence-electron chi connectivity index (χ2n) is 2.63. The van der Waals surface area contributed by atoms with E-state index in [1.54, 1.807) is 12.1 Å². The molecule has 0 aliphatic carbocycles.